The van der Waals surface area contributed by atoms with Gasteiger partial charge in [-0.05, 0) is 5.41 Å². The fourth-order valence-corrected chi connectivity index (χ4v) is 1.10. The van der Waals surface area contributed by atoms with Crippen LogP contribution in [-0.2, 0) is 9.59 Å². The summed E-state index contributed by atoms with van der Waals surface area (Å²) in [6, 6.07) is 0. The highest BCUT2D eigenvalue weighted by atomic mass is 16.1. The number of carbonyl (C=O) groups is 2. The SMILES string of the molecule is CC(C)(C)CC(=O)CC(=O)C(C)(C)C. The Kier molecular flexibility index (Phi) is 4.04. The van der Waals surface area contributed by atoms with E-state index in [9.17, 15) is 9.59 Å². The molecule has 0 radical (unpaired) electrons. The van der Waals surface area contributed by atoms with Crippen LogP contribution in [0, 0.1) is 10.8 Å². The zero-order valence-corrected chi connectivity index (χ0v) is 10.2. The molecule has 0 aromatic heterocycles. The average Bonchev–Trinajstić information content (AvgIpc) is 1.79. The van der Waals surface area contributed by atoms with Gasteiger partial charge in [0.1, 0.15) is 11.6 Å². The number of hydrogen-bond acceptors (Lipinski definition) is 2. The van der Waals surface area contributed by atoms with E-state index in [1.54, 1.807) is 0 Å². The van der Waals surface area contributed by atoms with Crippen LogP contribution in [0.4, 0.5) is 0 Å². The average molecular weight is 198 g/mol. The molecule has 0 atom stereocenters. The van der Waals surface area contributed by atoms with E-state index in [1.807, 2.05) is 41.5 Å². The molecule has 0 saturated heterocycles. The van der Waals surface area contributed by atoms with Gasteiger partial charge in [-0.1, -0.05) is 41.5 Å². The summed E-state index contributed by atoms with van der Waals surface area (Å²) < 4.78 is 0. The highest BCUT2D eigenvalue weighted by Gasteiger charge is 2.25. The van der Waals surface area contributed by atoms with E-state index in [-0.39, 0.29) is 23.4 Å². The molecule has 0 spiro atoms. The van der Waals surface area contributed by atoms with E-state index >= 15 is 0 Å². The molecule has 0 saturated carbocycles. The van der Waals surface area contributed by atoms with E-state index in [0.29, 0.717) is 6.42 Å². The lowest BCUT2D eigenvalue weighted by Gasteiger charge is -2.19. The van der Waals surface area contributed by atoms with Crippen LogP contribution in [0.1, 0.15) is 54.4 Å². The molecule has 0 aromatic rings. The van der Waals surface area contributed by atoms with Crippen LogP contribution < -0.4 is 0 Å². The molecule has 0 amide bonds. The standard InChI is InChI=1S/C12H22O2/c1-11(2,3)8-9(13)7-10(14)12(4,5)6/h7-8H2,1-6H3. The Balaban J connectivity index is 4.16. The van der Waals surface area contributed by atoms with Crippen molar-refractivity contribution in [1.29, 1.82) is 0 Å². The van der Waals surface area contributed by atoms with Crippen LogP contribution in [0.5, 0.6) is 0 Å². The van der Waals surface area contributed by atoms with Gasteiger partial charge in [0.2, 0.25) is 0 Å². The lowest BCUT2D eigenvalue weighted by molar-refractivity contribution is -0.132. The Morgan fingerprint density at radius 2 is 1.36 bits per heavy atom. The Morgan fingerprint density at radius 3 is 1.64 bits per heavy atom. The van der Waals surface area contributed by atoms with Gasteiger partial charge in [-0.25, -0.2) is 0 Å². The van der Waals surface area contributed by atoms with Crippen LogP contribution in [0.3, 0.4) is 0 Å². The van der Waals surface area contributed by atoms with Crippen molar-refractivity contribution in [3.8, 4) is 0 Å². The monoisotopic (exact) mass is 198 g/mol. The molecule has 0 heterocycles. The first-order valence-corrected chi connectivity index (χ1v) is 5.07. The summed E-state index contributed by atoms with van der Waals surface area (Å²) in [5.41, 5.74) is -0.414. The molecule has 0 unspecified atom stereocenters. The molecule has 82 valence electrons. The molecule has 0 rings (SSSR count). The quantitative estimate of drug-likeness (QED) is 0.653. The van der Waals surface area contributed by atoms with Gasteiger partial charge >= 0.3 is 0 Å². The first-order chi connectivity index (χ1) is 6.02. The minimum atomic E-state index is -0.395. The van der Waals surface area contributed by atoms with Crippen LogP contribution in [0.15, 0.2) is 0 Å². The summed E-state index contributed by atoms with van der Waals surface area (Å²) in [6.45, 7) is 11.6. The van der Waals surface area contributed by atoms with Gasteiger partial charge in [-0.15, -0.1) is 0 Å². The number of carbonyl (C=O) groups excluding carboxylic acids is 2. The zero-order valence-electron chi connectivity index (χ0n) is 10.2. The van der Waals surface area contributed by atoms with Gasteiger partial charge in [0.25, 0.3) is 0 Å². The Hall–Kier alpha value is -0.660. The molecule has 0 N–H and O–H groups in total. The third-order valence-corrected chi connectivity index (χ3v) is 1.92. The van der Waals surface area contributed by atoms with E-state index in [1.165, 1.54) is 0 Å². The van der Waals surface area contributed by atoms with Crippen molar-refractivity contribution in [3.05, 3.63) is 0 Å². The Morgan fingerprint density at radius 1 is 0.929 bits per heavy atom. The number of Topliss-reactive ketones (excluding diaryl/α,β-unsaturated/α-hetero) is 2. The smallest absolute Gasteiger partial charge is 0.145 e. The van der Waals surface area contributed by atoms with Crippen molar-refractivity contribution < 1.29 is 9.59 Å². The molecule has 0 aliphatic heterocycles. The largest absolute Gasteiger partial charge is 0.299 e. The Labute approximate surface area is 87.1 Å². The summed E-state index contributed by atoms with van der Waals surface area (Å²) in [7, 11) is 0. The summed E-state index contributed by atoms with van der Waals surface area (Å²) in [6.07, 6.45) is 0.565. The maximum atomic E-state index is 11.5. The Bertz CT molecular complexity index is 226. The molecule has 0 bridgehead atoms. The van der Waals surface area contributed by atoms with Crippen molar-refractivity contribution in [3.63, 3.8) is 0 Å². The molecule has 0 aromatic carbocycles. The van der Waals surface area contributed by atoms with Crippen molar-refractivity contribution >= 4 is 11.6 Å². The topological polar surface area (TPSA) is 34.1 Å². The summed E-state index contributed by atoms with van der Waals surface area (Å²) in [5, 5.41) is 0. The third-order valence-electron chi connectivity index (χ3n) is 1.92. The van der Waals surface area contributed by atoms with Crippen LogP contribution >= 0.6 is 0 Å². The third kappa shape index (κ3) is 5.90. The highest BCUT2D eigenvalue weighted by Crippen LogP contribution is 2.22. The molecule has 0 aliphatic rings. The molecule has 14 heavy (non-hydrogen) atoms. The van der Waals surface area contributed by atoms with Gasteiger partial charge in [-0.2, -0.15) is 0 Å². The van der Waals surface area contributed by atoms with Crippen LogP contribution in [-0.4, -0.2) is 11.6 Å². The van der Waals surface area contributed by atoms with Crippen molar-refractivity contribution in [2.45, 2.75) is 54.4 Å². The number of rotatable bonds is 3. The minimum absolute atomic E-state index is 0.0186. The predicted molar refractivity (Wildman–Crippen MR) is 58.2 cm³/mol. The second kappa shape index (κ2) is 4.24. The first kappa shape index (κ1) is 13.3. The molecule has 2 heteroatoms. The fourth-order valence-electron chi connectivity index (χ4n) is 1.10. The van der Waals surface area contributed by atoms with Crippen LogP contribution in [0.2, 0.25) is 0 Å². The number of ketones is 2. The number of hydrogen-bond donors (Lipinski definition) is 0. The first-order valence-electron chi connectivity index (χ1n) is 5.07. The molecule has 2 nitrogen and oxygen atoms in total. The molecule has 0 aliphatic carbocycles. The van der Waals surface area contributed by atoms with Crippen molar-refractivity contribution in [2.24, 2.45) is 10.8 Å². The van der Waals surface area contributed by atoms with Gasteiger partial charge < -0.3 is 0 Å². The maximum absolute atomic E-state index is 11.5. The van der Waals surface area contributed by atoms with Crippen molar-refractivity contribution in [1.82, 2.24) is 0 Å². The van der Waals surface area contributed by atoms with Gasteiger partial charge in [0, 0.05) is 11.8 Å². The van der Waals surface area contributed by atoms with E-state index in [2.05, 4.69) is 0 Å². The second-order valence-corrected chi connectivity index (χ2v) is 6.13. The lowest BCUT2D eigenvalue weighted by Crippen LogP contribution is -2.24. The summed E-state index contributed by atoms with van der Waals surface area (Å²) >= 11 is 0. The highest BCUT2D eigenvalue weighted by molar-refractivity contribution is 6.01. The van der Waals surface area contributed by atoms with Gasteiger partial charge in [-0.3, -0.25) is 9.59 Å². The predicted octanol–water partition coefficient (Wildman–Crippen LogP) is 3.00. The van der Waals surface area contributed by atoms with Gasteiger partial charge in [0.15, 0.2) is 0 Å². The fraction of sp³-hybridized carbons (Fsp3) is 0.833. The summed E-state index contributed by atoms with van der Waals surface area (Å²) in [5.74, 6) is 0.0872. The maximum Gasteiger partial charge on any atom is 0.145 e. The minimum Gasteiger partial charge on any atom is -0.299 e. The van der Waals surface area contributed by atoms with Crippen molar-refractivity contribution in [2.75, 3.05) is 0 Å². The molecular weight excluding hydrogens is 176 g/mol. The van der Waals surface area contributed by atoms with Gasteiger partial charge in [0.05, 0.1) is 6.42 Å². The van der Waals surface area contributed by atoms with E-state index in [4.69, 9.17) is 0 Å². The van der Waals surface area contributed by atoms with Crippen LogP contribution in [0.25, 0.3) is 0 Å². The summed E-state index contributed by atoms with van der Waals surface area (Å²) in [4.78, 5) is 23.0. The zero-order chi connectivity index (χ0) is 11.6. The lowest BCUT2D eigenvalue weighted by atomic mass is 9.84. The second-order valence-electron chi connectivity index (χ2n) is 6.13. The van der Waals surface area contributed by atoms with E-state index < -0.39 is 5.41 Å². The molecular formula is C12H22O2. The normalized spacial score (nSPS) is 12.7. The van der Waals surface area contributed by atoms with E-state index in [0.717, 1.165) is 0 Å². The molecule has 0 fully saturated rings.